The zero-order valence-electron chi connectivity index (χ0n) is 10.9. The van der Waals surface area contributed by atoms with Crippen molar-refractivity contribution in [2.45, 2.75) is 19.8 Å². The molecule has 2 rings (SSSR count). The number of phenols is 1. The molecule has 0 aromatic heterocycles. The van der Waals surface area contributed by atoms with Gasteiger partial charge in [0.15, 0.2) is 0 Å². The Bertz CT molecular complexity index is 492. The first-order valence-electron chi connectivity index (χ1n) is 6.34. The van der Waals surface area contributed by atoms with Gasteiger partial charge in [-0.15, -0.1) is 0 Å². The second-order valence-electron chi connectivity index (χ2n) is 5.46. The van der Waals surface area contributed by atoms with Crippen molar-refractivity contribution in [2.24, 2.45) is 5.41 Å². The Morgan fingerprint density at radius 1 is 1.53 bits per heavy atom. The Labute approximate surface area is 111 Å². The van der Waals surface area contributed by atoms with Crippen molar-refractivity contribution in [2.75, 3.05) is 19.7 Å². The third kappa shape index (κ3) is 2.87. The normalized spacial score (nSPS) is 23.4. The number of nitrogens with zero attached hydrogens (tertiary/aromatic N) is 1. The maximum Gasteiger partial charge on any atom is 0.257 e. The van der Waals surface area contributed by atoms with E-state index in [1.54, 1.807) is 4.90 Å². The maximum atomic E-state index is 12.9. The number of aliphatic hydroxyl groups is 1. The molecule has 4 nitrogen and oxygen atoms in total. The summed E-state index contributed by atoms with van der Waals surface area (Å²) in [6, 6.07) is 3.38. The summed E-state index contributed by atoms with van der Waals surface area (Å²) >= 11 is 0. The minimum Gasteiger partial charge on any atom is -0.507 e. The van der Waals surface area contributed by atoms with Gasteiger partial charge in [0.2, 0.25) is 0 Å². The summed E-state index contributed by atoms with van der Waals surface area (Å²) in [5.41, 5.74) is -0.201. The van der Waals surface area contributed by atoms with E-state index in [1.807, 2.05) is 6.92 Å². The molecule has 1 unspecified atom stereocenters. The van der Waals surface area contributed by atoms with Gasteiger partial charge in [-0.2, -0.15) is 0 Å². The highest BCUT2D eigenvalue weighted by molar-refractivity contribution is 5.96. The van der Waals surface area contributed by atoms with Gasteiger partial charge in [-0.05, 0) is 25.0 Å². The molecule has 1 aromatic rings. The number of hydrogen-bond donors (Lipinski definition) is 2. The van der Waals surface area contributed by atoms with E-state index in [-0.39, 0.29) is 29.2 Å². The Balaban J connectivity index is 2.19. The number of likely N-dealkylation sites (tertiary alicyclic amines) is 1. The molecule has 1 amide bonds. The van der Waals surface area contributed by atoms with Crippen molar-refractivity contribution >= 4 is 5.91 Å². The van der Waals surface area contributed by atoms with Gasteiger partial charge in [0.1, 0.15) is 11.6 Å². The summed E-state index contributed by atoms with van der Waals surface area (Å²) < 4.78 is 12.9. The second kappa shape index (κ2) is 5.17. The fraction of sp³-hybridized carbons (Fsp3) is 0.500. The number of carbonyl (C=O) groups excluding carboxylic acids is 1. The SMILES string of the molecule is CC1(CO)CCCN(C(=O)c2ccc(F)cc2O)C1. The molecule has 0 bridgehead atoms. The fourth-order valence-electron chi connectivity index (χ4n) is 2.47. The molecular weight excluding hydrogens is 249 g/mol. The lowest BCUT2D eigenvalue weighted by Crippen LogP contribution is -2.46. The average Bonchev–Trinajstić information content (AvgIpc) is 2.38. The van der Waals surface area contributed by atoms with Gasteiger partial charge in [0.25, 0.3) is 5.91 Å². The molecule has 1 aliphatic heterocycles. The van der Waals surface area contributed by atoms with Gasteiger partial charge in [0, 0.05) is 24.6 Å². The highest BCUT2D eigenvalue weighted by atomic mass is 19.1. The predicted octanol–water partition coefficient (Wildman–Crippen LogP) is 1.77. The molecule has 1 aliphatic rings. The fourth-order valence-corrected chi connectivity index (χ4v) is 2.47. The molecule has 1 heterocycles. The van der Waals surface area contributed by atoms with Crippen LogP contribution in [-0.4, -0.2) is 40.7 Å². The largest absolute Gasteiger partial charge is 0.507 e. The van der Waals surface area contributed by atoms with Gasteiger partial charge in [0.05, 0.1) is 12.2 Å². The molecule has 5 heteroatoms. The van der Waals surface area contributed by atoms with Crippen molar-refractivity contribution in [3.63, 3.8) is 0 Å². The van der Waals surface area contributed by atoms with Crippen molar-refractivity contribution in [1.29, 1.82) is 0 Å². The number of hydrogen-bond acceptors (Lipinski definition) is 3. The Morgan fingerprint density at radius 2 is 2.26 bits per heavy atom. The summed E-state index contributed by atoms with van der Waals surface area (Å²) in [6.45, 7) is 2.98. The smallest absolute Gasteiger partial charge is 0.257 e. The van der Waals surface area contributed by atoms with E-state index in [2.05, 4.69) is 0 Å². The van der Waals surface area contributed by atoms with Crippen LogP contribution in [0.4, 0.5) is 4.39 Å². The molecule has 1 fully saturated rings. The lowest BCUT2D eigenvalue weighted by Gasteiger charge is -2.39. The number of benzene rings is 1. The number of amides is 1. The first kappa shape index (κ1) is 13.8. The zero-order chi connectivity index (χ0) is 14.0. The molecule has 0 aliphatic carbocycles. The summed E-state index contributed by atoms with van der Waals surface area (Å²) in [4.78, 5) is 13.9. The second-order valence-corrected chi connectivity index (χ2v) is 5.46. The van der Waals surface area contributed by atoms with Crippen molar-refractivity contribution in [3.8, 4) is 5.75 Å². The predicted molar refractivity (Wildman–Crippen MR) is 68.4 cm³/mol. The monoisotopic (exact) mass is 267 g/mol. The highest BCUT2D eigenvalue weighted by Crippen LogP contribution is 2.30. The van der Waals surface area contributed by atoms with E-state index < -0.39 is 5.82 Å². The van der Waals surface area contributed by atoms with Gasteiger partial charge < -0.3 is 15.1 Å². The summed E-state index contributed by atoms with van der Waals surface area (Å²) in [6.07, 6.45) is 1.67. The Kier molecular flexibility index (Phi) is 3.75. The van der Waals surface area contributed by atoms with E-state index in [0.717, 1.165) is 25.0 Å². The number of piperidine rings is 1. The van der Waals surface area contributed by atoms with Crippen LogP contribution in [0.15, 0.2) is 18.2 Å². The highest BCUT2D eigenvalue weighted by Gasteiger charge is 2.33. The molecule has 104 valence electrons. The molecule has 0 radical (unpaired) electrons. The van der Waals surface area contributed by atoms with Crippen molar-refractivity contribution in [3.05, 3.63) is 29.6 Å². The summed E-state index contributed by atoms with van der Waals surface area (Å²) in [5, 5.41) is 19.0. The van der Waals surface area contributed by atoms with Gasteiger partial charge in [-0.3, -0.25) is 4.79 Å². The average molecular weight is 267 g/mol. The van der Waals surface area contributed by atoms with Crippen molar-refractivity contribution in [1.82, 2.24) is 4.90 Å². The summed E-state index contributed by atoms with van der Waals surface area (Å²) in [7, 11) is 0. The Morgan fingerprint density at radius 3 is 2.89 bits per heavy atom. The van der Waals surface area contributed by atoms with Gasteiger partial charge >= 0.3 is 0 Å². The van der Waals surface area contributed by atoms with Gasteiger partial charge in [-0.1, -0.05) is 6.92 Å². The third-order valence-corrected chi connectivity index (χ3v) is 3.64. The molecule has 19 heavy (non-hydrogen) atoms. The first-order chi connectivity index (χ1) is 8.95. The van der Waals surface area contributed by atoms with E-state index in [1.165, 1.54) is 6.07 Å². The number of rotatable bonds is 2. The molecule has 1 saturated heterocycles. The van der Waals surface area contributed by atoms with Crippen LogP contribution in [-0.2, 0) is 0 Å². The Hall–Kier alpha value is -1.62. The molecule has 1 atom stereocenters. The van der Waals surface area contributed by atoms with E-state index in [9.17, 15) is 19.4 Å². The number of halogens is 1. The molecule has 2 N–H and O–H groups in total. The third-order valence-electron chi connectivity index (χ3n) is 3.64. The maximum absolute atomic E-state index is 12.9. The number of aliphatic hydroxyl groups excluding tert-OH is 1. The van der Waals surface area contributed by atoms with Crippen LogP contribution in [0.1, 0.15) is 30.1 Å². The number of phenolic OH excluding ortho intramolecular Hbond substituents is 1. The van der Waals surface area contributed by atoms with Gasteiger partial charge in [-0.25, -0.2) is 4.39 Å². The molecule has 0 saturated carbocycles. The van der Waals surface area contributed by atoms with E-state index >= 15 is 0 Å². The van der Waals surface area contributed by atoms with Crippen LogP contribution in [0.3, 0.4) is 0 Å². The number of aromatic hydroxyl groups is 1. The minimum atomic E-state index is -0.576. The lowest BCUT2D eigenvalue weighted by atomic mass is 9.82. The molecule has 1 aromatic carbocycles. The van der Waals surface area contributed by atoms with Crippen LogP contribution in [0.5, 0.6) is 5.75 Å². The topological polar surface area (TPSA) is 60.8 Å². The summed E-state index contributed by atoms with van der Waals surface area (Å²) in [5.74, 6) is -1.24. The first-order valence-corrected chi connectivity index (χ1v) is 6.34. The number of carbonyl (C=O) groups is 1. The van der Waals surface area contributed by atoms with E-state index in [0.29, 0.717) is 13.1 Å². The van der Waals surface area contributed by atoms with Crippen LogP contribution in [0.25, 0.3) is 0 Å². The lowest BCUT2D eigenvalue weighted by molar-refractivity contribution is 0.0356. The minimum absolute atomic E-state index is 0.0200. The van der Waals surface area contributed by atoms with Crippen LogP contribution in [0, 0.1) is 11.2 Å². The van der Waals surface area contributed by atoms with Crippen LogP contribution < -0.4 is 0 Å². The van der Waals surface area contributed by atoms with Crippen LogP contribution in [0.2, 0.25) is 0 Å². The van der Waals surface area contributed by atoms with E-state index in [4.69, 9.17) is 0 Å². The zero-order valence-corrected chi connectivity index (χ0v) is 10.9. The molecule has 0 spiro atoms. The van der Waals surface area contributed by atoms with Crippen molar-refractivity contribution < 1.29 is 19.4 Å². The standard InChI is InChI=1S/C14H18FNO3/c1-14(9-17)5-2-6-16(8-14)13(19)11-4-3-10(15)7-12(11)18/h3-4,7,17-18H,2,5-6,8-9H2,1H3. The molecular formula is C14H18FNO3. The quantitative estimate of drug-likeness (QED) is 0.858. The van der Waals surface area contributed by atoms with Crippen LogP contribution >= 0.6 is 0 Å².